The molecule has 1 aliphatic heterocycles. The summed E-state index contributed by atoms with van der Waals surface area (Å²) in [5.41, 5.74) is 6.95. The molecule has 0 fully saturated rings. The quantitative estimate of drug-likeness (QED) is 0.819. The van der Waals surface area contributed by atoms with Crippen LogP contribution in [-0.4, -0.2) is 19.1 Å². The molecule has 1 aromatic rings. The fourth-order valence-electron chi connectivity index (χ4n) is 1.90. The Morgan fingerprint density at radius 1 is 1.61 bits per heavy atom. The molecular weight excluding hydrogens is 230 g/mol. The van der Waals surface area contributed by atoms with E-state index in [0.717, 1.165) is 0 Å². The van der Waals surface area contributed by atoms with E-state index in [0.29, 0.717) is 30.1 Å². The lowest BCUT2D eigenvalue weighted by atomic mass is 10.1. The maximum absolute atomic E-state index is 11.9. The summed E-state index contributed by atoms with van der Waals surface area (Å²) in [6.45, 7) is 2.32. The van der Waals surface area contributed by atoms with Gasteiger partial charge in [0, 0.05) is 12.2 Å². The van der Waals surface area contributed by atoms with Gasteiger partial charge in [-0.3, -0.25) is 4.79 Å². The first-order valence-electron chi connectivity index (χ1n) is 5.88. The largest absolute Gasteiger partial charge is 0.482 e. The highest BCUT2D eigenvalue weighted by Crippen LogP contribution is 2.34. The first-order chi connectivity index (χ1) is 8.65. The predicted molar refractivity (Wildman–Crippen MR) is 68.1 cm³/mol. The fraction of sp³-hybridized carbons (Fsp3) is 0.385. The van der Waals surface area contributed by atoms with E-state index >= 15 is 0 Å². The number of nitrogens with zero attached hydrogens (tertiary/aromatic N) is 2. The molecule has 1 aromatic carbocycles. The average Bonchev–Trinajstić information content (AvgIpc) is 2.38. The molecule has 1 amide bonds. The maximum atomic E-state index is 11.9. The number of nitriles is 1. The molecule has 1 unspecified atom stereocenters. The number of hydrogen-bond acceptors (Lipinski definition) is 4. The first-order valence-corrected chi connectivity index (χ1v) is 5.88. The molecule has 94 valence electrons. The number of nitrogens with two attached hydrogens (primary N) is 1. The summed E-state index contributed by atoms with van der Waals surface area (Å²) < 4.78 is 5.34. The number of fused-ring (bicyclic) bond motifs is 1. The Balaban J connectivity index is 2.33. The van der Waals surface area contributed by atoms with E-state index < -0.39 is 0 Å². The molecular formula is C13H15N3O2. The average molecular weight is 245 g/mol. The predicted octanol–water partition coefficient (Wildman–Crippen LogP) is 1.54. The van der Waals surface area contributed by atoms with Gasteiger partial charge in [0.25, 0.3) is 5.91 Å². The minimum atomic E-state index is -0.179. The van der Waals surface area contributed by atoms with Crippen molar-refractivity contribution in [1.29, 1.82) is 5.26 Å². The van der Waals surface area contributed by atoms with Crippen molar-refractivity contribution in [3.63, 3.8) is 0 Å². The monoisotopic (exact) mass is 245 g/mol. The Bertz CT molecular complexity index is 507. The molecule has 0 aromatic heterocycles. The van der Waals surface area contributed by atoms with E-state index in [4.69, 9.17) is 15.7 Å². The third-order valence-electron chi connectivity index (χ3n) is 3.00. The van der Waals surface area contributed by atoms with Crippen LogP contribution in [0.3, 0.4) is 0 Å². The van der Waals surface area contributed by atoms with Crippen molar-refractivity contribution < 1.29 is 9.53 Å². The molecule has 0 bridgehead atoms. The van der Waals surface area contributed by atoms with Crippen LogP contribution in [0.2, 0.25) is 0 Å². The minimum absolute atomic E-state index is 0.0127. The maximum Gasteiger partial charge on any atom is 0.265 e. The minimum Gasteiger partial charge on any atom is -0.482 e. The zero-order valence-electron chi connectivity index (χ0n) is 10.2. The molecule has 2 N–H and O–H groups in total. The van der Waals surface area contributed by atoms with Gasteiger partial charge in [0.1, 0.15) is 5.75 Å². The topological polar surface area (TPSA) is 79.3 Å². The van der Waals surface area contributed by atoms with Gasteiger partial charge in [-0.05, 0) is 24.6 Å². The number of amides is 1. The van der Waals surface area contributed by atoms with E-state index in [-0.39, 0.29) is 18.4 Å². The Hall–Kier alpha value is -2.22. The van der Waals surface area contributed by atoms with Gasteiger partial charge in [-0.2, -0.15) is 5.26 Å². The van der Waals surface area contributed by atoms with E-state index in [1.165, 1.54) is 0 Å². The number of benzene rings is 1. The Labute approximate surface area is 106 Å². The van der Waals surface area contributed by atoms with Crippen LogP contribution in [0.5, 0.6) is 5.75 Å². The van der Waals surface area contributed by atoms with Crippen molar-refractivity contribution >= 4 is 17.3 Å². The van der Waals surface area contributed by atoms with E-state index in [1.54, 1.807) is 23.1 Å². The lowest BCUT2D eigenvalue weighted by molar-refractivity contribution is -0.121. The Morgan fingerprint density at radius 2 is 2.39 bits per heavy atom. The molecule has 1 heterocycles. The number of nitrogen functional groups attached to an aromatic ring is 1. The highest BCUT2D eigenvalue weighted by Gasteiger charge is 2.27. The second-order valence-electron chi connectivity index (χ2n) is 4.25. The Morgan fingerprint density at radius 3 is 3.06 bits per heavy atom. The molecule has 0 saturated carbocycles. The number of ether oxygens (including phenoxy) is 1. The highest BCUT2D eigenvalue weighted by atomic mass is 16.5. The van der Waals surface area contributed by atoms with Crippen LogP contribution in [0.4, 0.5) is 11.4 Å². The number of rotatable bonds is 3. The summed E-state index contributed by atoms with van der Waals surface area (Å²) >= 11 is 0. The van der Waals surface area contributed by atoms with Crippen molar-refractivity contribution in [1.82, 2.24) is 0 Å². The van der Waals surface area contributed by atoms with Gasteiger partial charge in [0.2, 0.25) is 0 Å². The van der Waals surface area contributed by atoms with E-state index in [9.17, 15) is 4.79 Å². The lowest BCUT2D eigenvalue weighted by Gasteiger charge is -2.30. The number of hydrogen-bond donors (Lipinski definition) is 1. The van der Waals surface area contributed by atoms with Gasteiger partial charge in [-0.15, -0.1) is 0 Å². The van der Waals surface area contributed by atoms with Crippen LogP contribution in [0, 0.1) is 17.2 Å². The lowest BCUT2D eigenvalue weighted by Crippen LogP contribution is -2.41. The molecule has 0 saturated heterocycles. The zero-order chi connectivity index (χ0) is 13.1. The van der Waals surface area contributed by atoms with E-state index in [2.05, 4.69) is 6.07 Å². The molecule has 5 nitrogen and oxygen atoms in total. The molecule has 1 atom stereocenters. The van der Waals surface area contributed by atoms with Gasteiger partial charge in [-0.1, -0.05) is 6.92 Å². The van der Waals surface area contributed by atoms with Crippen LogP contribution in [-0.2, 0) is 4.79 Å². The van der Waals surface area contributed by atoms with Gasteiger partial charge in [0.05, 0.1) is 17.7 Å². The van der Waals surface area contributed by atoms with Crippen molar-refractivity contribution in [2.24, 2.45) is 5.92 Å². The molecule has 5 heteroatoms. The number of carbonyl (C=O) groups excluding carboxylic acids is 1. The van der Waals surface area contributed by atoms with Crippen LogP contribution < -0.4 is 15.4 Å². The first kappa shape index (κ1) is 12.2. The Kier molecular flexibility index (Phi) is 3.38. The van der Waals surface area contributed by atoms with Crippen LogP contribution in [0.15, 0.2) is 18.2 Å². The summed E-state index contributed by atoms with van der Waals surface area (Å²) in [5.74, 6) is 0.319. The van der Waals surface area contributed by atoms with Gasteiger partial charge < -0.3 is 15.4 Å². The van der Waals surface area contributed by atoms with Crippen LogP contribution >= 0.6 is 0 Å². The van der Waals surface area contributed by atoms with Crippen LogP contribution in [0.1, 0.15) is 13.3 Å². The summed E-state index contributed by atoms with van der Waals surface area (Å²) in [4.78, 5) is 13.5. The summed E-state index contributed by atoms with van der Waals surface area (Å²) in [6.07, 6.45) is 0.707. The van der Waals surface area contributed by atoms with Crippen molar-refractivity contribution in [2.45, 2.75) is 13.3 Å². The summed E-state index contributed by atoms with van der Waals surface area (Å²) in [6, 6.07) is 7.38. The SMILES string of the molecule is CCC(C#N)CN1C(=O)COc2ccc(N)cc21. The molecule has 0 spiro atoms. The third kappa shape index (κ3) is 2.23. The van der Waals surface area contributed by atoms with Gasteiger partial charge in [-0.25, -0.2) is 0 Å². The molecule has 0 radical (unpaired) electrons. The van der Waals surface area contributed by atoms with Crippen molar-refractivity contribution in [3.05, 3.63) is 18.2 Å². The summed E-state index contributed by atoms with van der Waals surface area (Å²) in [5, 5.41) is 9.00. The molecule has 2 rings (SSSR count). The zero-order valence-corrected chi connectivity index (χ0v) is 10.2. The normalized spacial score (nSPS) is 15.6. The van der Waals surface area contributed by atoms with Crippen molar-refractivity contribution in [2.75, 3.05) is 23.8 Å². The second-order valence-corrected chi connectivity index (χ2v) is 4.25. The van der Waals surface area contributed by atoms with E-state index in [1.807, 2.05) is 6.92 Å². The molecule has 18 heavy (non-hydrogen) atoms. The summed E-state index contributed by atoms with van der Waals surface area (Å²) in [7, 11) is 0. The molecule has 0 aliphatic carbocycles. The molecule has 1 aliphatic rings. The smallest absolute Gasteiger partial charge is 0.265 e. The van der Waals surface area contributed by atoms with Gasteiger partial charge in [0.15, 0.2) is 6.61 Å². The highest BCUT2D eigenvalue weighted by molar-refractivity contribution is 5.98. The number of carbonyl (C=O) groups is 1. The fourth-order valence-corrected chi connectivity index (χ4v) is 1.90. The number of anilines is 2. The van der Waals surface area contributed by atoms with Crippen molar-refractivity contribution in [3.8, 4) is 11.8 Å². The van der Waals surface area contributed by atoms with Crippen LogP contribution in [0.25, 0.3) is 0 Å². The van der Waals surface area contributed by atoms with Gasteiger partial charge >= 0.3 is 0 Å². The third-order valence-corrected chi connectivity index (χ3v) is 3.00. The second kappa shape index (κ2) is 4.96. The standard InChI is InChI=1S/C13H15N3O2/c1-2-9(6-14)7-16-11-5-10(15)3-4-12(11)18-8-13(16)17/h3-5,9H,2,7-8,15H2,1H3.